The van der Waals surface area contributed by atoms with Crippen LogP contribution in [0.25, 0.3) is 10.4 Å². The highest BCUT2D eigenvalue weighted by Crippen LogP contribution is 2.25. The van der Waals surface area contributed by atoms with E-state index in [1.165, 1.54) is 0 Å². The first-order chi connectivity index (χ1) is 8.31. The number of nitrogens with one attached hydrogen (secondary N) is 1. The summed E-state index contributed by atoms with van der Waals surface area (Å²) in [6, 6.07) is 5.38. The standard InChI is InChI=1S/C11H12N4O2/c12-15-14-5-4-13-11(16)9-1-2-10-8(7-9)3-6-17-10/h1-2,7H,3-6H2,(H,13,16). The van der Waals surface area contributed by atoms with Gasteiger partial charge >= 0.3 is 0 Å². The van der Waals surface area contributed by atoms with E-state index in [9.17, 15) is 4.79 Å². The Morgan fingerprint density at radius 3 is 3.29 bits per heavy atom. The van der Waals surface area contributed by atoms with Crippen LogP contribution < -0.4 is 10.1 Å². The van der Waals surface area contributed by atoms with E-state index in [0.717, 1.165) is 17.7 Å². The molecule has 0 fully saturated rings. The minimum atomic E-state index is -0.159. The van der Waals surface area contributed by atoms with Crippen LogP contribution in [0.5, 0.6) is 5.75 Å². The quantitative estimate of drug-likeness (QED) is 0.370. The monoisotopic (exact) mass is 232 g/mol. The van der Waals surface area contributed by atoms with Crippen molar-refractivity contribution >= 4 is 5.91 Å². The van der Waals surface area contributed by atoms with Crippen molar-refractivity contribution in [1.82, 2.24) is 5.32 Å². The summed E-state index contributed by atoms with van der Waals surface area (Å²) in [6.07, 6.45) is 0.842. The fourth-order valence-electron chi connectivity index (χ4n) is 1.69. The van der Waals surface area contributed by atoms with Crippen LogP contribution >= 0.6 is 0 Å². The van der Waals surface area contributed by atoms with Gasteiger partial charge in [0, 0.05) is 30.0 Å². The minimum Gasteiger partial charge on any atom is -0.493 e. The highest BCUT2D eigenvalue weighted by atomic mass is 16.5. The van der Waals surface area contributed by atoms with Crippen molar-refractivity contribution in [2.45, 2.75) is 6.42 Å². The molecular formula is C11H12N4O2. The Morgan fingerprint density at radius 2 is 2.47 bits per heavy atom. The molecule has 1 amide bonds. The molecule has 0 saturated carbocycles. The third-order valence-corrected chi connectivity index (χ3v) is 2.51. The van der Waals surface area contributed by atoms with Gasteiger partial charge in [0.15, 0.2) is 0 Å². The van der Waals surface area contributed by atoms with E-state index in [-0.39, 0.29) is 12.5 Å². The van der Waals surface area contributed by atoms with Gasteiger partial charge in [0.25, 0.3) is 5.91 Å². The molecule has 6 heteroatoms. The topological polar surface area (TPSA) is 87.1 Å². The summed E-state index contributed by atoms with van der Waals surface area (Å²) >= 11 is 0. The van der Waals surface area contributed by atoms with E-state index in [1.54, 1.807) is 6.07 Å². The molecule has 0 radical (unpaired) electrons. The second-order valence-electron chi connectivity index (χ2n) is 3.63. The van der Waals surface area contributed by atoms with Crippen LogP contribution in [0.15, 0.2) is 23.3 Å². The van der Waals surface area contributed by atoms with Gasteiger partial charge in [0.05, 0.1) is 6.61 Å². The van der Waals surface area contributed by atoms with Gasteiger partial charge in [0.2, 0.25) is 0 Å². The van der Waals surface area contributed by atoms with Crippen molar-refractivity contribution in [3.8, 4) is 5.75 Å². The molecular weight excluding hydrogens is 220 g/mol. The smallest absolute Gasteiger partial charge is 0.251 e. The summed E-state index contributed by atoms with van der Waals surface area (Å²) < 4.78 is 5.36. The van der Waals surface area contributed by atoms with Crippen molar-refractivity contribution < 1.29 is 9.53 Å². The lowest BCUT2D eigenvalue weighted by Gasteiger charge is -2.04. The zero-order valence-corrected chi connectivity index (χ0v) is 9.22. The number of ether oxygens (including phenoxy) is 1. The van der Waals surface area contributed by atoms with Crippen molar-refractivity contribution in [1.29, 1.82) is 0 Å². The Kier molecular flexibility index (Phi) is 3.47. The number of fused-ring (bicyclic) bond motifs is 1. The van der Waals surface area contributed by atoms with Crippen LogP contribution in [0, 0.1) is 0 Å². The molecule has 0 saturated heterocycles. The van der Waals surface area contributed by atoms with Crippen LogP contribution in [0.3, 0.4) is 0 Å². The zero-order valence-electron chi connectivity index (χ0n) is 9.22. The van der Waals surface area contributed by atoms with Gasteiger partial charge < -0.3 is 10.1 Å². The summed E-state index contributed by atoms with van der Waals surface area (Å²) in [5.74, 6) is 0.698. The lowest BCUT2D eigenvalue weighted by atomic mass is 10.1. The Morgan fingerprint density at radius 1 is 1.59 bits per heavy atom. The molecule has 0 aromatic heterocycles. The number of azide groups is 1. The van der Waals surface area contributed by atoms with Crippen LogP contribution in [-0.2, 0) is 6.42 Å². The van der Waals surface area contributed by atoms with Gasteiger partial charge in [-0.3, -0.25) is 4.79 Å². The molecule has 1 aliphatic heterocycles. The lowest BCUT2D eigenvalue weighted by Crippen LogP contribution is -2.25. The maximum atomic E-state index is 11.7. The predicted molar refractivity (Wildman–Crippen MR) is 62.0 cm³/mol. The maximum Gasteiger partial charge on any atom is 0.251 e. The number of hydrogen-bond acceptors (Lipinski definition) is 3. The largest absolute Gasteiger partial charge is 0.493 e. The number of nitrogens with zero attached hydrogens (tertiary/aromatic N) is 3. The molecule has 0 atom stereocenters. The SMILES string of the molecule is [N-]=[N+]=NCCNC(=O)c1ccc2c(c1)CCO2. The number of carbonyl (C=O) groups is 1. The number of benzene rings is 1. The minimum absolute atomic E-state index is 0.159. The second kappa shape index (κ2) is 5.23. The molecule has 1 aromatic carbocycles. The van der Waals surface area contributed by atoms with Crippen molar-refractivity contribution in [2.75, 3.05) is 19.7 Å². The van der Waals surface area contributed by atoms with Gasteiger partial charge in [-0.05, 0) is 29.3 Å². The first kappa shape index (κ1) is 11.3. The van der Waals surface area contributed by atoms with E-state index >= 15 is 0 Å². The third kappa shape index (κ3) is 2.68. The normalized spacial score (nSPS) is 12.2. The van der Waals surface area contributed by atoms with Crippen LogP contribution in [-0.4, -0.2) is 25.6 Å². The van der Waals surface area contributed by atoms with E-state index in [1.807, 2.05) is 12.1 Å². The molecule has 88 valence electrons. The van der Waals surface area contributed by atoms with Crippen molar-refractivity contribution in [2.24, 2.45) is 5.11 Å². The van der Waals surface area contributed by atoms with E-state index in [0.29, 0.717) is 18.7 Å². The first-order valence-electron chi connectivity index (χ1n) is 5.36. The average molecular weight is 232 g/mol. The molecule has 1 aromatic rings. The highest BCUT2D eigenvalue weighted by Gasteiger charge is 2.14. The molecule has 2 rings (SSSR count). The van der Waals surface area contributed by atoms with E-state index in [4.69, 9.17) is 10.3 Å². The summed E-state index contributed by atoms with van der Waals surface area (Å²) in [5, 5.41) is 6.02. The van der Waals surface area contributed by atoms with E-state index < -0.39 is 0 Å². The van der Waals surface area contributed by atoms with Crippen LogP contribution in [0.1, 0.15) is 15.9 Å². The van der Waals surface area contributed by atoms with Gasteiger partial charge in [-0.1, -0.05) is 5.11 Å². The van der Waals surface area contributed by atoms with Gasteiger partial charge in [0.1, 0.15) is 5.75 Å². The summed E-state index contributed by atoms with van der Waals surface area (Å²) in [5.41, 5.74) is 9.76. The number of rotatable bonds is 4. The molecule has 0 unspecified atom stereocenters. The lowest BCUT2D eigenvalue weighted by molar-refractivity contribution is 0.0954. The predicted octanol–water partition coefficient (Wildman–Crippen LogP) is 1.66. The van der Waals surface area contributed by atoms with Crippen LogP contribution in [0.4, 0.5) is 0 Å². The number of hydrogen-bond donors (Lipinski definition) is 1. The molecule has 0 bridgehead atoms. The summed E-state index contributed by atoms with van der Waals surface area (Å²) in [6.45, 7) is 1.28. The molecule has 1 heterocycles. The fourth-order valence-corrected chi connectivity index (χ4v) is 1.69. The number of amides is 1. The molecule has 17 heavy (non-hydrogen) atoms. The third-order valence-electron chi connectivity index (χ3n) is 2.51. The highest BCUT2D eigenvalue weighted by molar-refractivity contribution is 5.94. The average Bonchev–Trinajstić information content (AvgIpc) is 2.81. The maximum absolute atomic E-state index is 11.7. The Balaban J connectivity index is 1.97. The molecule has 0 spiro atoms. The zero-order chi connectivity index (χ0) is 12.1. The summed E-state index contributed by atoms with van der Waals surface area (Å²) in [4.78, 5) is 14.3. The Hall–Kier alpha value is -2.20. The molecule has 0 aliphatic carbocycles. The van der Waals surface area contributed by atoms with Crippen LogP contribution in [0.2, 0.25) is 0 Å². The first-order valence-corrected chi connectivity index (χ1v) is 5.36. The summed E-state index contributed by atoms with van der Waals surface area (Å²) in [7, 11) is 0. The number of carbonyl (C=O) groups excluding carboxylic acids is 1. The Bertz CT molecular complexity index is 480. The van der Waals surface area contributed by atoms with Gasteiger partial charge in [-0.2, -0.15) is 0 Å². The Labute approximate surface area is 98.2 Å². The van der Waals surface area contributed by atoms with Crippen molar-refractivity contribution in [3.63, 3.8) is 0 Å². The van der Waals surface area contributed by atoms with Gasteiger partial charge in [-0.15, -0.1) is 0 Å². The molecule has 1 aliphatic rings. The molecule has 1 N–H and O–H groups in total. The van der Waals surface area contributed by atoms with Gasteiger partial charge in [-0.25, -0.2) is 0 Å². The molecule has 6 nitrogen and oxygen atoms in total. The second-order valence-corrected chi connectivity index (χ2v) is 3.63. The fraction of sp³-hybridized carbons (Fsp3) is 0.364. The van der Waals surface area contributed by atoms with E-state index in [2.05, 4.69) is 15.3 Å². The van der Waals surface area contributed by atoms with Crippen molar-refractivity contribution in [3.05, 3.63) is 39.8 Å².